The number of halogens is 1. The predicted octanol–water partition coefficient (Wildman–Crippen LogP) is 5.75. The van der Waals surface area contributed by atoms with Gasteiger partial charge in [0, 0.05) is 15.6 Å². The van der Waals surface area contributed by atoms with Gasteiger partial charge in [-0.25, -0.2) is 0 Å². The van der Waals surface area contributed by atoms with Crippen molar-refractivity contribution in [2.45, 2.75) is 6.61 Å². The molecular weight excluding hydrogens is 392 g/mol. The first-order valence-electron chi connectivity index (χ1n) is 8.15. The topological polar surface area (TPSA) is 48.2 Å². The van der Waals surface area contributed by atoms with Crippen LogP contribution in [0.5, 0.6) is 5.75 Å². The summed E-state index contributed by atoms with van der Waals surface area (Å²) in [5.74, 6) is 1.89. The minimum absolute atomic E-state index is 0.462. The maximum Gasteiger partial charge on any atom is 0.258 e. The highest BCUT2D eigenvalue weighted by molar-refractivity contribution is 9.10. The van der Waals surface area contributed by atoms with Crippen molar-refractivity contribution in [2.75, 3.05) is 0 Å². The summed E-state index contributed by atoms with van der Waals surface area (Å²) in [6.07, 6.45) is 0. The third kappa shape index (κ3) is 3.83. The fraction of sp³-hybridized carbons (Fsp3) is 0.0476. The Labute approximate surface area is 159 Å². The first-order chi connectivity index (χ1) is 12.8. The minimum atomic E-state index is 0.462. The molecule has 1 heterocycles. The van der Waals surface area contributed by atoms with E-state index in [0.717, 1.165) is 26.9 Å². The van der Waals surface area contributed by atoms with E-state index in [1.54, 1.807) is 0 Å². The van der Waals surface area contributed by atoms with E-state index in [9.17, 15) is 0 Å². The molecule has 0 N–H and O–H groups in total. The van der Waals surface area contributed by atoms with Crippen LogP contribution in [0.2, 0.25) is 0 Å². The highest BCUT2D eigenvalue weighted by Gasteiger charge is 2.11. The molecule has 0 amide bonds. The summed E-state index contributed by atoms with van der Waals surface area (Å²) in [5, 5.41) is 4.07. The molecule has 5 heteroatoms. The van der Waals surface area contributed by atoms with E-state index >= 15 is 0 Å². The molecule has 4 rings (SSSR count). The van der Waals surface area contributed by atoms with E-state index in [-0.39, 0.29) is 0 Å². The van der Waals surface area contributed by atoms with E-state index < -0.39 is 0 Å². The number of aromatic nitrogens is 2. The number of hydrogen-bond acceptors (Lipinski definition) is 4. The number of benzene rings is 3. The van der Waals surface area contributed by atoms with Gasteiger partial charge in [-0.05, 0) is 35.9 Å². The van der Waals surface area contributed by atoms with Crippen molar-refractivity contribution in [3.63, 3.8) is 0 Å². The van der Waals surface area contributed by atoms with Gasteiger partial charge in [-0.15, -0.1) is 0 Å². The average Bonchev–Trinajstić information content (AvgIpc) is 3.18. The Morgan fingerprint density at radius 2 is 1.65 bits per heavy atom. The molecule has 0 radical (unpaired) electrons. The zero-order valence-electron chi connectivity index (χ0n) is 13.8. The highest BCUT2D eigenvalue weighted by atomic mass is 79.9. The van der Waals surface area contributed by atoms with Crippen LogP contribution in [0.25, 0.3) is 22.8 Å². The molecule has 0 aliphatic rings. The van der Waals surface area contributed by atoms with Crippen LogP contribution < -0.4 is 4.74 Å². The Hall–Kier alpha value is -2.92. The fourth-order valence-electron chi connectivity index (χ4n) is 2.56. The van der Waals surface area contributed by atoms with Crippen LogP contribution in [0.15, 0.2) is 87.9 Å². The molecule has 128 valence electrons. The van der Waals surface area contributed by atoms with E-state index in [1.807, 2.05) is 78.9 Å². The van der Waals surface area contributed by atoms with E-state index in [0.29, 0.717) is 18.3 Å². The van der Waals surface area contributed by atoms with Crippen LogP contribution in [0.1, 0.15) is 5.56 Å². The lowest BCUT2D eigenvalue weighted by molar-refractivity contribution is 0.306. The van der Waals surface area contributed by atoms with Gasteiger partial charge in [-0.3, -0.25) is 0 Å². The summed E-state index contributed by atoms with van der Waals surface area (Å²) in [4.78, 5) is 4.50. The minimum Gasteiger partial charge on any atom is -0.489 e. The molecule has 0 fully saturated rings. The molecule has 0 saturated carbocycles. The van der Waals surface area contributed by atoms with Crippen LogP contribution in [0.4, 0.5) is 0 Å². The van der Waals surface area contributed by atoms with Crippen LogP contribution in [0.3, 0.4) is 0 Å². The zero-order chi connectivity index (χ0) is 17.8. The Morgan fingerprint density at radius 3 is 2.50 bits per heavy atom. The van der Waals surface area contributed by atoms with Crippen molar-refractivity contribution in [1.29, 1.82) is 0 Å². The molecule has 3 aromatic carbocycles. The summed E-state index contributed by atoms with van der Waals surface area (Å²) in [5.41, 5.74) is 2.83. The first kappa shape index (κ1) is 16.5. The quantitative estimate of drug-likeness (QED) is 0.423. The van der Waals surface area contributed by atoms with E-state index in [4.69, 9.17) is 9.26 Å². The average molecular weight is 407 g/mol. The van der Waals surface area contributed by atoms with Crippen molar-refractivity contribution in [1.82, 2.24) is 10.1 Å². The summed E-state index contributed by atoms with van der Waals surface area (Å²) in [6, 6.07) is 25.5. The first-order valence-corrected chi connectivity index (χ1v) is 8.94. The van der Waals surface area contributed by atoms with Gasteiger partial charge in [0.2, 0.25) is 5.82 Å². The van der Waals surface area contributed by atoms with Crippen LogP contribution in [-0.2, 0) is 6.61 Å². The Bertz CT molecular complexity index is 1020. The SMILES string of the molecule is Brc1cccc(OCc2cccc(-c3nc(-c4ccccc4)no3)c2)c1. The number of ether oxygens (including phenoxy) is 1. The zero-order valence-corrected chi connectivity index (χ0v) is 15.4. The molecule has 26 heavy (non-hydrogen) atoms. The summed E-state index contributed by atoms with van der Waals surface area (Å²) >= 11 is 3.44. The summed E-state index contributed by atoms with van der Waals surface area (Å²) in [7, 11) is 0. The third-order valence-electron chi connectivity index (χ3n) is 3.83. The molecule has 4 nitrogen and oxygen atoms in total. The van der Waals surface area contributed by atoms with Gasteiger partial charge in [0.15, 0.2) is 0 Å². The van der Waals surface area contributed by atoms with Gasteiger partial charge in [0.1, 0.15) is 12.4 Å². The second-order valence-corrected chi connectivity index (χ2v) is 6.65. The van der Waals surface area contributed by atoms with E-state index in [1.165, 1.54) is 0 Å². The summed E-state index contributed by atoms with van der Waals surface area (Å²) in [6.45, 7) is 0.462. The van der Waals surface area contributed by atoms with Crippen LogP contribution in [-0.4, -0.2) is 10.1 Å². The second kappa shape index (κ2) is 7.54. The molecule has 0 aliphatic carbocycles. The monoisotopic (exact) mass is 406 g/mol. The predicted molar refractivity (Wildman–Crippen MR) is 104 cm³/mol. The van der Waals surface area contributed by atoms with Gasteiger partial charge in [0.05, 0.1) is 0 Å². The van der Waals surface area contributed by atoms with Crippen molar-refractivity contribution in [3.8, 4) is 28.6 Å². The highest BCUT2D eigenvalue weighted by Crippen LogP contribution is 2.24. The molecule has 0 saturated heterocycles. The van der Waals surface area contributed by atoms with Gasteiger partial charge < -0.3 is 9.26 Å². The van der Waals surface area contributed by atoms with Gasteiger partial charge in [-0.1, -0.05) is 69.6 Å². The lowest BCUT2D eigenvalue weighted by atomic mass is 10.1. The van der Waals surface area contributed by atoms with Crippen molar-refractivity contribution in [3.05, 3.63) is 88.9 Å². The smallest absolute Gasteiger partial charge is 0.258 e. The van der Waals surface area contributed by atoms with Gasteiger partial charge in [-0.2, -0.15) is 4.98 Å². The molecule has 0 bridgehead atoms. The lowest BCUT2D eigenvalue weighted by Crippen LogP contribution is -1.95. The Balaban J connectivity index is 1.52. The lowest BCUT2D eigenvalue weighted by Gasteiger charge is -2.07. The third-order valence-corrected chi connectivity index (χ3v) is 4.33. The van der Waals surface area contributed by atoms with Crippen LogP contribution in [0, 0.1) is 0 Å². The molecule has 1 aromatic heterocycles. The largest absolute Gasteiger partial charge is 0.489 e. The Kier molecular flexibility index (Phi) is 4.80. The molecule has 4 aromatic rings. The van der Waals surface area contributed by atoms with Gasteiger partial charge >= 0.3 is 0 Å². The fourth-order valence-corrected chi connectivity index (χ4v) is 2.94. The number of nitrogens with zero attached hydrogens (tertiary/aromatic N) is 2. The molecule has 0 aliphatic heterocycles. The number of rotatable bonds is 5. The van der Waals surface area contributed by atoms with Crippen LogP contribution >= 0.6 is 15.9 Å². The normalized spacial score (nSPS) is 10.7. The molecule has 0 unspecified atom stereocenters. The maximum absolute atomic E-state index is 5.84. The van der Waals surface area contributed by atoms with Crippen molar-refractivity contribution >= 4 is 15.9 Å². The summed E-state index contributed by atoms with van der Waals surface area (Å²) < 4.78 is 12.3. The Morgan fingerprint density at radius 1 is 0.846 bits per heavy atom. The number of hydrogen-bond donors (Lipinski definition) is 0. The van der Waals surface area contributed by atoms with Crippen molar-refractivity contribution < 1.29 is 9.26 Å². The molecule has 0 atom stereocenters. The second-order valence-electron chi connectivity index (χ2n) is 5.74. The van der Waals surface area contributed by atoms with E-state index in [2.05, 4.69) is 26.1 Å². The molecular formula is C21H15BrN2O2. The standard InChI is InChI=1S/C21H15BrN2O2/c22-18-10-5-11-19(13-18)25-14-15-6-4-9-17(12-15)21-23-20(24-26-21)16-7-2-1-3-8-16/h1-13H,14H2. The van der Waals surface area contributed by atoms with Gasteiger partial charge in [0.25, 0.3) is 5.89 Å². The van der Waals surface area contributed by atoms with Crippen molar-refractivity contribution in [2.24, 2.45) is 0 Å². The maximum atomic E-state index is 5.84. The molecule has 0 spiro atoms.